The van der Waals surface area contributed by atoms with E-state index in [9.17, 15) is 14.4 Å². The van der Waals surface area contributed by atoms with Crippen LogP contribution in [-0.2, 0) is 23.9 Å². The van der Waals surface area contributed by atoms with Gasteiger partial charge in [0.25, 0.3) is 0 Å². The lowest BCUT2D eigenvalue weighted by Crippen LogP contribution is -2.55. The molecule has 0 bridgehead atoms. The van der Waals surface area contributed by atoms with Gasteiger partial charge in [-0.25, -0.2) is 4.79 Å². The second-order valence-electron chi connectivity index (χ2n) is 12.1. The van der Waals surface area contributed by atoms with Gasteiger partial charge >= 0.3 is 11.9 Å². The van der Waals surface area contributed by atoms with Crippen LogP contribution in [0.15, 0.2) is 5.57 Å². The average Bonchev–Trinajstić information content (AvgIpc) is 3.14. The van der Waals surface area contributed by atoms with Gasteiger partial charge in [0.2, 0.25) is 0 Å². The third-order valence-corrected chi connectivity index (χ3v) is 10.7. The Morgan fingerprint density at radius 2 is 1.79 bits per heavy atom. The van der Waals surface area contributed by atoms with Gasteiger partial charge in [-0.2, -0.15) is 0 Å². The minimum Gasteiger partial charge on any atom is -0.469 e. The van der Waals surface area contributed by atoms with Crippen LogP contribution in [0.4, 0.5) is 0 Å². The van der Waals surface area contributed by atoms with Crippen LogP contribution in [0.2, 0.25) is 0 Å². The Kier molecular flexibility index (Phi) is 6.84. The molecule has 184 valence electrons. The van der Waals surface area contributed by atoms with Crippen molar-refractivity contribution in [3.8, 4) is 0 Å². The second-order valence-corrected chi connectivity index (χ2v) is 12.1. The Bertz CT molecular complexity index is 828. The molecule has 0 N–H and O–H groups in total. The molecule has 0 radical (unpaired) electrons. The van der Waals surface area contributed by atoms with Crippen LogP contribution in [0.1, 0.15) is 91.9 Å². The minimum atomic E-state index is -0.222. The number of methoxy groups -OCH3 is 1. The SMILES string of the molecule is COC(=O)CC[C@@H](C)[C@H]1CC[C@H]2[C@@H]3CC(=C=O)[C@@H]4C[C@H](OC(C)=O)CC[C@]4(C)[C@H]3CC[C@]12C. The van der Waals surface area contributed by atoms with E-state index < -0.39 is 0 Å². The molecule has 0 heterocycles. The lowest BCUT2D eigenvalue weighted by molar-refractivity contribution is -0.155. The van der Waals surface area contributed by atoms with E-state index >= 15 is 0 Å². The summed E-state index contributed by atoms with van der Waals surface area (Å²) in [5, 5.41) is 0. The van der Waals surface area contributed by atoms with Crippen LogP contribution in [0.25, 0.3) is 0 Å². The van der Waals surface area contributed by atoms with Crippen molar-refractivity contribution in [2.45, 2.75) is 98.0 Å². The number of carbonyl (C=O) groups is 2. The molecule has 4 aliphatic rings. The highest BCUT2D eigenvalue weighted by Crippen LogP contribution is 2.69. The van der Waals surface area contributed by atoms with Gasteiger partial charge in [-0.1, -0.05) is 20.8 Å². The first-order valence-electron chi connectivity index (χ1n) is 13.1. The van der Waals surface area contributed by atoms with Crippen molar-refractivity contribution in [2.24, 2.45) is 46.3 Å². The maximum atomic E-state index is 12.2. The van der Waals surface area contributed by atoms with E-state index in [-0.39, 0.29) is 34.8 Å². The molecule has 5 nitrogen and oxygen atoms in total. The van der Waals surface area contributed by atoms with Crippen molar-refractivity contribution >= 4 is 17.9 Å². The molecule has 4 rings (SSSR count). The maximum absolute atomic E-state index is 12.2. The zero-order chi connectivity index (χ0) is 24.0. The van der Waals surface area contributed by atoms with Crippen molar-refractivity contribution < 1.29 is 23.9 Å². The Labute approximate surface area is 199 Å². The molecule has 0 aromatic rings. The number of fused-ring (bicyclic) bond motifs is 5. The van der Waals surface area contributed by atoms with E-state index in [0.29, 0.717) is 36.0 Å². The van der Waals surface area contributed by atoms with Crippen LogP contribution in [0, 0.1) is 46.3 Å². The fourth-order valence-electron chi connectivity index (χ4n) is 9.15. The van der Waals surface area contributed by atoms with Crippen molar-refractivity contribution in [3.05, 3.63) is 5.57 Å². The Balaban J connectivity index is 1.54. The average molecular weight is 459 g/mol. The predicted octanol–water partition coefficient (Wildman–Crippen LogP) is 5.53. The zero-order valence-electron chi connectivity index (χ0n) is 21.2. The smallest absolute Gasteiger partial charge is 0.305 e. The first-order valence-corrected chi connectivity index (χ1v) is 13.1. The van der Waals surface area contributed by atoms with Crippen LogP contribution in [0.3, 0.4) is 0 Å². The van der Waals surface area contributed by atoms with E-state index in [0.717, 1.165) is 37.7 Å². The summed E-state index contributed by atoms with van der Waals surface area (Å²) < 4.78 is 10.4. The van der Waals surface area contributed by atoms with E-state index in [1.54, 1.807) is 0 Å². The molecule has 0 aliphatic heterocycles. The van der Waals surface area contributed by atoms with Gasteiger partial charge in [0, 0.05) is 18.9 Å². The first-order chi connectivity index (χ1) is 15.6. The summed E-state index contributed by atoms with van der Waals surface area (Å²) in [5.41, 5.74) is 1.33. The second kappa shape index (κ2) is 9.21. The number of hydrogen-bond donors (Lipinski definition) is 0. The summed E-state index contributed by atoms with van der Waals surface area (Å²) in [7, 11) is 1.47. The standard InChI is InChI=1S/C28H42O5/c1-17(6-9-26(31)32-5)22-7-8-23-21-14-19(16-29)25-15-20(33-18(2)30)10-12-28(25,4)24(21)11-13-27(22,23)3/h17,20-25H,6-15H2,1-5H3/t17-,20-,21+,22-,23+,24+,25+,27-,28-/m1/s1. The highest BCUT2D eigenvalue weighted by Gasteiger charge is 2.62. The molecule has 0 amide bonds. The summed E-state index contributed by atoms with van der Waals surface area (Å²) >= 11 is 0. The maximum Gasteiger partial charge on any atom is 0.305 e. The summed E-state index contributed by atoms with van der Waals surface area (Å²) in [6, 6.07) is 0. The van der Waals surface area contributed by atoms with E-state index in [2.05, 4.69) is 26.7 Å². The molecule has 4 saturated carbocycles. The highest BCUT2D eigenvalue weighted by atomic mass is 16.5. The van der Waals surface area contributed by atoms with Crippen LogP contribution < -0.4 is 0 Å². The van der Waals surface area contributed by atoms with Crippen molar-refractivity contribution in [1.82, 2.24) is 0 Å². The molecule has 0 saturated heterocycles. The van der Waals surface area contributed by atoms with Gasteiger partial charge in [0.05, 0.1) is 7.11 Å². The molecule has 9 atom stereocenters. The third-order valence-electron chi connectivity index (χ3n) is 10.7. The summed E-state index contributed by atoms with van der Waals surface area (Å²) in [4.78, 5) is 35.4. The molecule has 0 aromatic carbocycles. The third kappa shape index (κ3) is 4.20. The number of rotatable bonds is 5. The largest absolute Gasteiger partial charge is 0.469 e. The van der Waals surface area contributed by atoms with Gasteiger partial charge in [-0.3, -0.25) is 9.59 Å². The summed E-state index contributed by atoms with van der Waals surface area (Å²) in [6.07, 6.45) is 9.80. The number of allylic oxidation sites excluding steroid dienone is 1. The van der Waals surface area contributed by atoms with Crippen LogP contribution in [-0.4, -0.2) is 31.1 Å². The topological polar surface area (TPSA) is 69.7 Å². The van der Waals surface area contributed by atoms with E-state index in [4.69, 9.17) is 9.47 Å². The van der Waals surface area contributed by atoms with Gasteiger partial charge in [0.1, 0.15) is 12.0 Å². The molecule has 0 unspecified atom stereocenters. The Morgan fingerprint density at radius 3 is 2.45 bits per heavy atom. The molecular formula is C28H42O5. The number of hydrogen-bond acceptors (Lipinski definition) is 5. The Morgan fingerprint density at radius 1 is 1.09 bits per heavy atom. The quantitative estimate of drug-likeness (QED) is 0.400. The first kappa shape index (κ1) is 24.5. The number of esters is 2. The zero-order valence-corrected chi connectivity index (χ0v) is 21.2. The molecule has 0 spiro atoms. The summed E-state index contributed by atoms with van der Waals surface area (Å²) in [5.74, 6) is 5.17. The molecule has 4 fully saturated rings. The highest BCUT2D eigenvalue weighted by molar-refractivity contribution is 5.69. The van der Waals surface area contributed by atoms with Crippen molar-refractivity contribution in [2.75, 3.05) is 7.11 Å². The molecule has 33 heavy (non-hydrogen) atoms. The molecule has 4 aliphatic carbocycles. The monoisotopic (exact) mass is 458 g/mol. The minimum absolute atomic E-state index is 0.0687. The van der Waals surface area contributed by atoms with E-state index in [1.807, 2.05) is 0 Å². The molecular weight excluding hydrogens is 416 g/mol. The normalized spacial score (nSPS) is 42.9. The van der Waals surface area contributed by atoms with Crippen LogP contribution in [0.5, 0.6) is 0 Å². The van der Waals surface area contributed by atoms with Gasteiger partial charge in [-0.05, 0) is 104 Å². The molecule has 0 aromatic heterocycles. The van der Waals surface area contributed by atoms with Crippen molar-refractivity contribution in [1.29, 1.82) is 0 Å². The van der Waals surface area contributed by atoms with Crippen molar-refractivity contribution in [3.63, 3.8) is 0 Å². The number of ether oxygens (including phenoxy) is 2. The summed E-state index contributed by atoms with van der Waals surface area (Å²) in [6.45, 7) is 8.70. The molecule has 5 heteroatoms. The fourth-order valence-corrected chi connectivity index (χ4v) is 9.15. The Hall–Kier alpha value is -1.61. The van der Waals surface area contributed by atoms with Gasteiger partial charge < -0.3 is 9.47 Å². The van der Waals surface area contributed by atoms with Gasteiger partial charge in [0.15, 0.2) is 0 Å². The van der Waals surface area contributed by atoms with E-state index in [1.165, 1.54) is 39.7 Å². The van der Waals surface area contributed by atoms with Crippen LogP contribution >= 0.6 is 0 Å². The lowest BCUT2D eigenvalue weighted by Gasteiger charge is -2.61. The van der Waals surface area contributed by atoms with Gasteiger partial charge in [-0.15, -0.1) is 0 Å². The predicted molar refractivity (Wildman–Crippen MR) is 126 cm³/mol. The fraction of sp³-hybridized carbons (Fsp3) is 0.857. The lowest BCUT2D eigenvalue weighted by atomic mass is 9.43. The number of carbonyl (C=O) groups excluding carboxylic acids is 3.